The van der Waals surface area contributed by atoms with Crippen LogP contribution in [0.2, 0.25) is 0 Å². The summed E-state index contributed by atoms with van der Waals surface area (Å²) in [5, 5.41) is 13.8. The number of aromatic nitrogens is 1. The first-order chi connectivity index (χ1) is 14.3. The van der Waals surface area contributed by atoms with Crippen LogP contribution < -0.4 is 10.1 Å². The summed E-state index contributed by atoms with van der Waals surface area (Å²) in [4.78, 5) is 6.52. The van der Waals surface area contributed by atoms with Gasteiger partial charge in [0.25, 0.3) is 0 Å². The topological polar surface area (TPSA) is 57.6 Å². The maximum absolute atomic E-state index is 10.3. The van der Waals surface area contributed by atoms with Crippen molar-refractivity contribution in [2.45, 2.75) is 51.2 Å². The van der Waals surface area contributed by atoms with Crippen LogP contribution in [0.3, 0.4) is 0 Å². The molecule has 5 nitrogen and oxygen atoms in total. The van der Waals surface area contributed by atoms with Crippen molar-refractivity contribution < 1.29 is 9.84 Å². The molecule has 0 saturated carbocycles. The zero-order valence-electron chi connectivity index (χ0n) is 17.4. The fourth-order valence-corrected chi connectivity index (χ4v) is 3.80. The van der Waals surface area contributed by atoms with Crippen molar-refractivity contribution in [3.05, 3.63) is 59.9 Å². The fourth-order valence-electron chi connectivity index (χ4n) is 3.80. The number of nitrogens with zero attached hydrogens (tertiary/aromatic N) is 2. The van der Waals surface area contributed by atoms with Crippen LogP contribution in [0.15, 0.2) is 48.8 Å². The number of nitrogens with one attached hydrogen (secondary N) is 1. The van der Waals surface area contributed by atoms with Crippen LogP contribution in [0.1, 0.15) is 43.2 Å². The van der Waals surface area contributed by atoms with E-state index in [1.54, 1.807) is 0 Å². The van der Waals surface area contributed by atoms with Gasteiger partial charge in [-0.2, -0.15) is 0 Å². The molecule has 5 heteroatoms. The van der Waals surface area contributed by atoms with Crippen LogP contribution in [-0.4, -0.2) is 53.9 Å². The zero-order valence-corrected chi connectivity index (χ0v) is 17.4. The Morgan fingerprint density at radius 2 is 1.90 bits per heavy atom. The number of ether oxygens (including phenoxy) is 1. The molecule has 0 bridgehead atoms. The van der Waals surface area contributed by atoms with Gasteiger partial charge < -0.3 is 20.1 Å². The number of β-amino-alcohol motifs (C(OH)–C–C–N with tert-alkyl or cyclic N) is 1. The van der Waals surface area contributed by atoms with Gasteiger partial charge in [-0.05, 0) is 74.6 Å². The van der Waals surface area contributed by atoms with Crippen molar-refractivity contribution in [2.75, 3.05) is 32.8 Å². The molecule has 0 spiro atoms. The second kappa shape index (κ2) is 12.6. The normalized spacial score (nSPS) is 16.3. The fraction of sp³-hybridized carbons (Fsp3) is 0.542. The molecule has 0 aliphatic carbocycles. The van der Waals surface area contributed by atoms with E-state index in [0.717, 1.165) is 44.8 Å². The number of hydrogen-bond donors (Lipinski definition) is 2. The number of benzene rings is 1. The van der Waals surface area contributed by atoms with Gasteiger partial charge in [0.15, 0.2) is 0 Å². The molecule has 1 aromatic heterocycles. The zero-order chi connectivity index (χ0) is 20.2. The van der Waals surface area contributed by atoms with E-state index < -0.39 is 6.10 Å². The highest BCUT2D eigenvalue weighted by Gasteiger charge is 2.14. The summed E-state index contributed by atoms with van der Waals surface area (Å²) >= 11 is 0. The van der Waals surface area contributed by atoms with Crippen molar-refractivity contribution in [3.8, 4) is 5.75 Å². The van der Waals surface area contributed by atoms with E-state index in [1.807, 2.05) is 30.6 Å². The highest BCUT2D eigenvalue weighted by molar-refractivity contribution is 5.28. The minimum Gasteiger partial charge on any atom is -0.491 e. The molecule has 0 amide bonds. The van der Waals surface area contributed by atoms with Crippen LogP contribution in [-0.2, 0) is 13.0 Å². The molecule has 1 atom stereocenters. The first-order valence-corrected chi connectivity index (χ1v) is 11.0. The molecule has 1 unspecified atom stereocenters. The lowest BCUT2D eigenvalue weighted by atomic mass is 10.1. The van der Waals surface area contributed by atoms with Gasteiger partial charge in [0, 0.05) is 25.5 Å². The number of aryl methyl sites for hydroxylation is 1. The predicted molar refractivity (Wildman–Crippen MR) is 117 cm³/mol. The Morgan fingerprint density at radius 1 is 1.07 bits per heavy atom. The van der Waals surface area contributed by atoms with Crippen molar-refractivity contribution >= 4 is 0 Å². The summed E-state index contributed by atoms with van der Waals surface area (Å²) in [6, 6.07) is 12.3. The third kappa shape index (κ3) is 8.52. The Morgan fingerprint density at radius 3 is 2.69 bits per heavy atom. The molecule has 2 N–H and O–H groups in total. The molecule has 2 heterocycles. The van der Waals surface area contributed by atoms with E-state index in [2.05, 4.69) is 33.4 Å². The van der Waals surface area contributed by atoms with Gasteiger partial charge in [0.05, 0.1) is 0 Å². The lowest BCUT2D eigenvalue weighted by molar-refractivity contribution is 0.0693. The molecule has 1 aromatic carbocycles. The van der Waals surface area contributed by atoms with Crippen LogP contribution in [0.25, 0.3) is 0 Å². The third-order valence-electron chi connectivity index (χ3n) is 5.38. The van der Waals surface area contributed by atoms with Gasteiger partial charge in [-0.3, -0.25) is 4.98 Å². The van der Waals surface area contributed by atoms with Gasteiger partial charge in [-0.25, -0.2) is 0 Å². The molecular formula is C24H35N3O2. The molecule has 158 valence electrons. The summed E-state index contributed by atoms with van der Waals surface area (Å²) in [5.74, 6) is 0.828. The van der Waals surface area contributed by atoms with Crippen LogP contribution in [0.4, 0.5) is 0 Å². The summed E-state index contributed by atoms with van der Waals surface area (Å²) in [6.07, 6.45) is 10.5. The first kappa shape index (κ1) is 21.8. The van der Waals surface area contributed by atoms with E-state index in [4.69, 9.17) is 4.74 Å². The minimum absolute atomic E-state index is 0.346. The quantitative estimate of drug-likeness (QED) is 0.569. The van der Waals surface area contributed by atoms with E-state index in [-0.39, 0.29) is 0 Å². The van der Waals surface area contributed by atoms with Gasteiger partial charge in [-0.15, -0.1) is 0 Å². The van der Waals surface area contributed by atoms with Gasteiger partial charge in [0.2, 0.25) is 0 Å². The van der Waals surface area contributed by atoms with Crippen molar-refractivity contribution in [1.29, 1.82) is 0 Å². The first-order valence-electron chi connectivity index (χ1n) is 11.0. The lowest BCUT2D eigenvalue weighted by Crippen LogP contribution is -2.36. The molecule has 1 fully saturated rings. The number of aliphatic hydroxyl groups is 1. The van der Waals surface area contributed by atoms with Crippen molar-refractivity contribution in [1.82, 2.24) is 15.2 Å². The maximum Gasteiger partial charge on any atom is 0.119 e. The van der Waals surface area contributed by atoms with E-state index >= 15 is 0 Å². The molecule has 1 aliphatic heterocycles. The second-order valence-corrected chi connectivity index (χ2v) is 7.97. The number of rotatable bonds is 11. The summed E-state index contributed by atoms with van der Waals surface area (Å²) in [5.41, 5.74) is 2.48. The smallest absolute Gasteiger partial charge is 0.119 e. The second-order valence-electron chi connectivity index (χ2n) is 7.97. The van der Waals surface area contributed by atoms with E-state index in [1.165, 1.54) is 36.8 Å². The Labute approximate surface area is 175 Å². The van der Waals surface area contributed by atoms with Gasteiger partial charge in [0.1, 0.15) is 18.5 Å². The lowest BCUT2D eigenvalue weighted by Gasteiger charge is -2.23. The van der Waals surface area contributed by atoms with E-state index in [0.29, 0.717) is 13.2 Å². The van der Waals surface area contributed by atoms with Gasteiger partial charge >= 0.3 is 0 Å². The summed E-state index contributed by atoms with van der Waals surface area (Å²) in [7, 11) is 0. The molecule has 29 heavy (non-hydrogen) atoms. The van der Waals surface area contributed by atoms with E-state index in [9.17, 15) is 5.11 Å². The number of likely N-dealkylation sites (tertiary alicyclic amines) is 1. The molecular weight excluding hydrogens is 362 g/mol. The molecule has 3 rings (SSSR count). The Kier molecular flexibility index (Phi) is 9.43. The largest absolute Gasteiger partial charge is 0.491 e. The molecule has 2 aromatic rings. The highest BCUT2D eigenvalue weighted by atomic mass is 16.5. The van der Waals surface area contributed by atoms with Crippen LogP contribution in [0.5, 0.6) is 5.75 Å². The summed E-state index contributed by atoms with van der Waals surface area (Å²) < 4.78 is 5.86. The predicted octanol–water partition coefficient (Wildman–Crippen LogP) is 3.42. The Bertz CT molecular complexity index is 688. The van der Waals surface area contributed by atoms with Crippen LogP contribution in [0, 0.1) is 0 Å². The number of pyridine rings is 1. The Hall–Kier alpha value is -1.95. The average molecular weight is 398 g/mol. The molecule has 0 radical (unpaired) electrons. The summed E-state index contributed by atoms with van der Waals surface area (Å²) in [6.45, 7) is 5.03. The standard InChI is InChI=1S/C24H35N3O2/c28-23(19-27-14-3-1-2-4-15-27)20-29-24-11-5-8-22(16-24)18-26-13-7-10-21-9-6-12-25-17-21/h5-6,8-9,11-12,16-17,23,26,28H,1-4,7,10,13-15,18-20H2. The number of aliphatic hydroxyl groups excluding tert-OH is 1. The van der Waals surface area contributed by atoms with Gasteiger partial charge in [-0.1, -0.05) is 31.0 Å². The molecule has 1 saturated heterocycles. The Balaban J connectivity index is 1.33. The minimum atomic E-state index is -0.442. The number of hydrogen-bond acceptors (Lipinski definition) is 5. The maximum atomic E-state index is 10.3. The monoisotopic (exact) mass is 397 g/mol. The van der Waals surface area contributed by atoms with Crippen molar-refractivity contribution in [2.24, 2.45) is 0 Å². The molecule has 1 aliphatic rings. The third-order valence-corrected chi connectivity index (χ3v) is 5.38. The van der Waals surface area contributed by atoms with Crippen LogP contribution >= 0.6 is 0 Å². The average Bonchev–Trinajstić information content (AvgIpc) is 3.02. The SMILES string of the molecule is OC(COc1cccc(CNCCCc2cccnc2)c1)CN1CCCCCC1. The highest BCUT2D eigenvalue weighted by Crippen LogP contribution is 2.14. The van der Waals surface area contributed by atoms with Crippen molar-refractivity contribution in [3.63, 3.8) is 0 Å².